The van der Waals surface area contributed by atoms with Crippen LogP contribution in [0.5, 0.6) is 0 Å². The molecule has 23 heavy (non-hydrogen) atoms. The molecule has 0 aliphatic rings. The minimum atomic E-state index is -0.235. The van der Waals surface area contributed by atoms with E-state index in [9.17, 15) is 4.79 Å². The lowest BCUT2D eigenvalue weighted by Crippen LogP contribution is -2.32. The average molecular weight is 337 g/mol. The summed E-state index contributed by atoms with van der Waals surface area (Å²) in [5.41, 5.74) is 9.27. The molecule has 0 fully saturated rings. The normalized spacial score (nSPS) is 11.9. The third-order valence-electron chi connectivity index (χ3n) is 3.76. The van der Waals surface area contributed by atoms with Gasteiger partial charge in [0.15, 0.2) is 5.76 Å². The topological polar surface area (TPSA) is 68.3 Å². The van der Waals surface area contributed by atoms with Crippen molar-refractivity contribution < 1.29 is 9.21 Å². The maximum atomic E-state index is 12.1. The van der Waals surface area contributed by atoms with Crippen molar-refractivity contribution in [3.8, 4) is 0 Å². The number of amides is 1. The van der Waals surface area contributed by atoms with Gasteiger partial charge in [-0.1, -0.05) is 38.1 Å². The molecule has 4 nitrogen and oxygen atoms in total. The molecular weight excluding hydrogens is 312 g/mol. The van der Waals surface area contributed by atoms with Crippen molar-refractivity contribution in [1.82, 2.24) is 5.32 Å². The average Bonchev–Trinajstić information content (AvgIpc) is 2.83. The summed E-state index contributed by atoms with van der Waals surface area (Å²) in [4.78, 5) is 12.1. The molecule has 1 heterocycles. The first-order valence-electron chi connectivity index (χ1n) is 7.59. The molecule has 1 aromatic carbocycles. The fraction of sp³-hybridized carbons (Fsp3) is 0.389. The van der Waals surface area contributed by atoms with Crippen molar-refractivity contribution in [2.75, 3.05) is 6.54 Å². The van der Waals surface area contributed by atoms with Crippen LogP contribution < -0.4 is 11.1 Å². The zero-order chi connectivity index (χ0) is 16.3. The minimum Gasteiger partial charge on any atom is -0.456 e. The molecule has 3 N–H and O–H groups in total. The summed E-state index contributed by atoms with van der Waals surface area (Å²) < 4.78 is 5.40. The molecule has 1 aromatic heterocycles. The zero-order valence-electron chi connectivity index (χ0n) is 14.1. The van der Waals surface area contributed by atoms with E-state index in [2.05, 4.69) is 31.3 Å². The number of carbonyl (C=O) groups excluding carboxylic acids is 1. The van der Waals surface area contributed by atoms with E-state index in [1.54, 1.807) is 0 Å². The SMILES string of the molecule is Cc1cc(C)c(C(=O)NCC(N)c2ccc(C(C)C)cc2)o1.Cl. The Labute approximate surface area is 143 Å². The fourth-order valence-corrected chi connectivity index (χ4v) is 2.40. The van der Waals surface area contributed by atoms with Gasteiger partial charge in [-0.15, -0.1) is 12.4 Å². The Kier molecular flexibility index (Phi) is 6.85. The summed E-state index contributed by atoms with van der Waals surface area (Å²) >= 11 is 0. The van der Waals surface area contributed by atoms with Crippen LogP contribution in [0.25, 0.3) is 0 Å². The Morgan fingerprint density at radius 1 is 1.17 bits per heavy atom. The van der Waals surface area contributed by atoms with Crippen LogP contribution in [0.4, 0.5) is 0 Å². The molecule has 126 valence electrons. The molecule has 0 aliphatic heterocycles. The van der Waals surface area contributed by atoms with E-state index >= 15 is 0 Å². The summed E-state index contributed by atoms with van der Waals surface area (Å²) in [6.45, 7) is 8.37. The lowest BCUT2D eigenvalue weighted by molar-refractivity contribution is 0.0921. The largest absolute Gasteiger partial charge is 0.456 e. The molecule has 1 atom stereocenters. The second-order valence-electron chi connectivity index (χ2n) is 6.01. The highest BCUT2D eigenvalue weighted by Crippen LogP contribution is 2.18. The molecule has 0 radical (unpaired) electrons. The monoisotopic (exact) mass is 336 g/mol. The van der Waals surface area contributed by atoms with E-state index in [1.165, 1.54) is 5.56 Å². The van der Waals surface area contributed by atoms with Crippen molar-refractivity contribution in [1.29, 1.82) is 0 Å². The van der Waals surface area contributed by atoms with E-state index in [1.807, 2.05) is 32.0 Å². The van der Waals surface area contributed by atoms with Crippen LogP contribution in [0.3, 0.4) is 0 Å². The smallest absolute Gasteiger partial charge is 0.287 e. The Hall–Kier alpha value is -1.78. The van der Waals surface area contributed by atoms with Gasteiger partial charge in [0.2, 0.25) is 0 Å². The van der Waals surface area contributed by atoms with Crippen molar-refractivity contribution >= 4 is 18.3 Å². The molecule has 0 saturated carbocycles. The molecule has 0 bridgehead atoms. The number of aryl methyl sites for hydroxylation is 2. The van der Waals surface area contributed by atoms with Gasteiger partial charge in [-0.2, -0.15) is 0 Å². The number of benzene rings is 1. The standard InChI is InChI=1S/C18H24N2O2.ClH/c1-11(2)14-5-7-15(8-6-14)16(19)10-20-18(21)17-12(3)9-13(4)22-17;/h5-9,11,16H,10,19H2,1-4H3,(H,20,21);1H. The predicted octanol–water partition coefficient (Wildman–Crippen LogP) is 3.87. The number of hydrogen-bond acceptors (Lipinski definition) is 3. The van der Waals surface area contributed by atoms with Gasteiger partial charge in [-0.05, 0) is 37.0 Å². The van der Waals surface area contributed by atoms with E-state index in [4.69, 9.17) is 10.2 Å². The number of hydrogen-bond donors (Lipinski definition) is 2. The van der Waals surface area contributed by atoms with Crippen molar-refractivity contribution in [3.63, 3.8) is 0 Å². The first-order valence-corrected chi connectivity index (χ1v) is 7.59. The summed E-state index contributed by atoms with van der Waals surface area (Å²) in [6, 6.07) is 9.83. The molecule has 2 aromatic rings. The summed E-state index contributed by atoms with van der Waals surface area (Å²) in [7, 11) is 0. The van der Waals surface area contributed by atoms with Crippen LogP contribution in [0, 0.1) is 13.8 Å². The van der Waals surface area contributed by atoms with E-state index in [0.29, 0.717) is 18.2 Å². The minimum absolute atomic E-state index is 0. The molecule has 2 rings (SSSR count). The first kappa shape index (κ1) is 19.3. The maximum Gasteiger partial charge on any atom is 0.287 e. The second kappa shape index (κ2) is 8.18. The summed E-state index contributed by atoms with van der Waals surface area (Å²) in [5.74, 6) is 1.37. The lowest BCUT2D eigenvalue weighted by Gasteiger charge is -2.14. The molecule has 0 spiro atoms. The van der Waals surface area contributed by atoms with Crippen molar-refractivity contribution in [2.45, 2.75) is 39.7 Å². The van der Waals surface area contributed by atoms with E-state index in [-0.39, 0.29) is 24.4 Å². The third-order valence-corrected chi connectivity index (χ3v) is 3.76. The highest BCUT2D eigenvalue weighted by Gasteiger charge is 2.15. The van der Waals surface area contributed by atoms with Gasteiger partial charge >= 0.3 is 0 Å². The van der Waals surface area contributed by atoms with Gasteiger partial charge in [0.05, 0.1) is 0 Å². The zero-order valence-corrected chi connectivity index (χ0v) is 14.9. The summed E-state index contributed by atoms with van der Waals surface area (Å²) in [5, 5.41) is 2.83. The van der Waals surface area contributed by atoms with Crippen molar-refractivity contribution in [3.05, 3.63) is 58.5 Å². The van der Waals surface area contributed by atoms with Gasteiger partial charge in [0, 0.05) is 18.2 Å². The van der Waals surface area contributed by atoms with Crippen LogP contribution in [0.1, 0.15) is 58.8 Å². The van der Waals surface area contributed by atoms with E-state index in [0.717, 1.165) is 16.9 Å². The molecule has 5 heteroatoms. The van der Waals surface area contributed by atoms with Crippen LogP contribution in [0.2, 0.25) is 0 Å². The predicted molar refractivity (Wildman–Crippen MR) is 95.2 cm³/mol. The number of halogens is 1. The number of rotatable bonds is 5. The van der Waals surface area contributed by atoms with Crippen LogP contribution >= 0.6 is 12.4 Å². The first-order chi connectivity index (χ1) is 10.4. The number of nitrogens with two attached hydrogens (primary N) is 1. The van der Waals surface area contributed by atoms with Crippen LogP contribution in [-0.2, 0) is 0 Å². The lowest BCUT2D eigenvalue weighted by atomic mass is 9.99. The molecule has 0 saturated heterocycles. The third kappa shape index (κ3) is 4.85. The summed E-state index contributed by atoms with van der Waals surface area (Å²) in [6.07, 6.45) is 0. The van der Waals surface area contributed by atoms with Gasteiger partial charge in [0.25, 0.3) is 5.91 Å². The maximum absolute atomic E-state index is 12.1. The Bertz CT molecular complexity index is 648. The van der Waals surface area contributed by atoms with Crippen LogP contribution in [-0.4, -0.2) is 12.5 Å². The molecule has 1 unspecified atom stereocenters. The number of nitrogens with one attached hydrogen (secondary N) is 1. The van der Waals surface area contributed by atoms with Gasteiger partial charge in [-0.25, -0.2) is 0 Å². The van der Waals surface area contributed by atoms with Crippen LogP contribution in [0.15, 0.2) is 34.7 Å². The van der Waals surface area contributed by atoms with Gasteiger partial charge < -0.3 is 15.5 Å². The van der Waals surface area contributed by atoms with E-state index < -0.39 is 0 Å². The number of carbonyl (C=O) groups is 1. The molecule has 0 aliphatic carbocycles. The highest BCUT2D eigenvalue weighted by molar-refractivity contribution is 5.92. The second-order valence-corrected chi connectivity index (χ2v) is 6.01. The molecule has 1 amide bonds. The van der Waals surface area contributed by atoms with Gasteiger partial charge in [0.1, 0.15) is 5.76 Å². The fourth-order valence-electron chi connectivity index (χ4n) is 2.40. The Morgan fingerprint density at radius 2 is 1.74 bits per heavy atom. The quantitative estimate of drug-likeness (QED) is 0.870. The van der Waals surface area contributed by atoms with Gasteiger partial charge in [-0.3, -0.25) is 4.79 Å². The van der Waals surface area contributed by atoms with Crippen molar-refractivity contribution in [2.24, 2.45) is 5.73 Å². The Balaban J connectivity index is 0.00000264. The highest BCUT2D eigenvalue weighted by atomic mass is 35.5. The Morgan fingerprint density at radius 3 is 2.22 bits per heavy atom. The molecular formula is C18H25ClN2O2. The number of furan rings is 1.